The average molecular weight is 609 g/mol. The Morgan fingerprint density at radius 1 is 0.884 bits per heavy atom. The van der Waals surface area contributed by atoms with Crippen molar-refractivity contribution in [3.8, 4) is 34.1 Å². The van der Waals surface area contributed by atoms with E-state index in [9.17, 15) is 40.5 Å². The second kappa shape index (κ2) is 12.6. The summed E-state index contributed by atoms with van der Waals surface area (Å²) in [6.45, 7) is -0.828. The number of aliphatic hydroxyl groups excluding tert-OH is 6. The normalized spacial score (nSPS) is 31.1. The van der Waals surface area contributed by atoms with Gasteiger partial charge in [-0.2, -0.15) is 0 Å². The highest BCUT2D eigenvalue weighted by atomic mass is 16.7. The molecule has 7 N–H and O–H groups in total. The molecule has 1 aromatic heterocycles. The van der Waals surface area contributed by atoms with E-state index in [4.69, 9.17) is 32.8 Å². The third kappa shape index (κ3) is 5.86. The fourth-order valence-corrected chi connectivity index (χ4v) is 4.87. The number of fused-ring (bicyclic) bond motifs is 1. The topological polar surface area (TPSA) is 227 Å². The summed E-state index contributed by atoms with van der Waals surface area (Å²) in [5.41, 5.74) is 0.00139. The van der Waals surface area contributed by atoms with E-state index in [1.807, 2.05) is 0 Å². The fourth-order valence-electron chi connectivity index (χ4n) is 4.87. The number of aromatic hydroxyl groups is 1. The average Bonchev–Trinajstić information content (AvgIpc) is 3.00. The second-order valence-corrected chi connectivity index (χ2v) is 10.1. The number of benzene rings is 2. The molecule has 9 atom stereocenters. The first-order chi connectivity index (χ1) is 20.5. The predicted molar refractivity (Wildman–Crippen MR) is 144 cm³/mol. The number of aliphatic hydroxyl groups is 6. The number of hydrogen-bond acceptors (Lipinski definition) is 15. The van der Waals surface area contributed by atoms with Crippen molar-refractivity contribution in [2.24, 2.45) is 0 Å². The maximum absolute atomic E-state index is 13.4. The molecule has 0 spiro atoms. The quantitative estimate of drug-likeness (QED) is 0.160. The number of phenolic OH excluding ortho intramolecular Hbond substituents is 1. The minimum Gasteiger partial charge on any atom is -0.504 e. The number of hydrogen-bond donors (Lipinski definition) is 7. The molecule has 15 nitrogen and oxygen atoms in total. The van der Waals surface area contributed by atoms with Gasteiger partial charge >= 0.3 is 0 Å². The Morgan fingerprint density at radius 2 is 1.58 bits per heavy atom. The van der Waals surface area contributed by atoms with Crippen LogP contribution < -0.4 is 19.6 Å². The van der Waals surface area contributed by atoms with Crippen LogP contribution in [0.4, 0.5) is 0 Å². The minimum absolute atomic E-state index is 0.0921. The van der Waals surface area contributed by atoms with Gasteiger partial charge in [0.25, 0.3) is 0 Å². The van der Waals surface area contributed by atoms with E-state index in [-0.39, 0.29) is 34.6 Å². The summed E-state index contributed by atoms with van der Waals surface area (Å²) >= 11 is 0. The Bertz CT molecular complexity index is 1470. The third-order valence-corrected chi connectivity index (χ3v) is 7.36. The molecule has 0 bridgehead atoms. The minimum atomic E-state index is -1.80. The van der Waals surface area contributed by atoms with Crippen LogP contribution >= 0.6 is 0 Å². The molecule has 2 fully saturated rings. The lowest BCUT2D eigenvalue weighted by Gasteiger charge is -2.41. The molecule has 2 aromatic carbocycles. The molecule has 2 saturated heterocycles. The molecule has 0 amide bonds. The van der Waals surface area contributed by atoms with E-state index in [1.54, 1.807) is 24.3 Å². The van der Waals surface area contributed by atoms with Crippen LogP contribution in [-0.2, 0) is 14.2 Å². The monoisotopic (exact) mass is 608 g/mol. The summed E-state index contributed by atoms with van der Waals surface area (Å²) in [6.07, 6.45) is -12.9. The van der Waals surface area contributed by atoms with E-state index < -0.39 is 73.1 Å². The lowest BCUT2D eigenvalue weighted by atomic mass is 9.99. The van der Waals surface area contributed by atoms with Crippen molar-refractivity contribution in [1.82, 2.24) is 0 Å². The van der Waals surface area contributed by atoms with Crippen molar-refractivity contribution in [2.75, 3.05) is 27.4 Å². The lowest BCUT2D eigenvalue weighted by molar-refractivity contribution is -0.307. The molecule has 5 rings (SSSR count). The molecule has 2 aliphatic heterocycles. The molecular formula is C28H32O15. The van der Waals surface area contributed by atoms with Crippen molar-refractivity contribution >= 4 is 11.0 Å². The molecule has 3 aromatic rings. The van der Waals surface area contributed by atoms with Crippen molar-refractivity contribution in [1.29, 1.82) is 0 Å². The Labute approximate surface area is 243 Å². The fraction of sp³-hybridized carbons (Fsp3) is 0.464. The molecule has 2 aliphatic rings. The SMILES string of the molecule is COc1ccc(-c2coc3cc(O[C@@H]4O[C@H](CO[C@H]5OC[C@@H](O)[C@@H](O)[C@@H]5O)[C@@H](O)[C@H](O)[C@@H]4O)c(OC)c(O)c3c2=O)cc1. The van der Waals surface area contributed by atoms with Crippen molar-refractivity contribution in [3.05, 3.63) is 46.8 Å². The Kier molecular flexibility index (Phi) is 9.07. The molecule has 0 saturated carbocycles. The van der Waals surface area contributed by atoms with Crippen LogP contribution in [0.5, 0.6) is 23.0 Å². The van der Waals surface area contributed by atoms with Crippen molar-refractivity contribution < 1.29 is 68.6 Å². The summed E-state index contributed by atoms with van der Waals surface area (Å²) in [6, 6.07) is 7.85. The van der Waals surface area contributed by atoms with Crippen LogP contribution in [0.2, 0.25) is 0 Å². The van der Waals surface area contributed by atoms with Gasteiger partial charge in [-0.05, 0) is 17.7 Å². The summed E-state index contributed by atoms with van der Waals surface area (Å²) in [4.78, 5) is 13.4. The van der Waals surface area contributed by atoms with Gasteiger partial charge in [0.1, 0.15) is 65.7 Å². The Morgan fingerprint density at radius 3 is 2.26 bits per heavy atom. The maximum atomic E-state index is 13.4. The third-order valence-electron chi connectivity index (χ3n) is 7.36. The van der Waals surface area contributed by atoms with Crippen LogP contribution in [0.1, 0.15) is 0 Å². The van der Waals surface area contributed by atoms with E-state index in [0.717, 1.165) is 0 Å². The Balaban J connectivity index is 1.39. The first-order valence-corrected chi connectivity index (χ1v) is 13.2. The number of methoxy groups -OCH3 is 2. The predicted octanol–water partition coefficient (Wildman–Crippen LogP) is -1.18. The van der Waals surface area contributed by atoms with Gasteiger partial charge < -0.3 is 68.6 Å². The molecule has 0 radical (unpaired) electrons. The first-order valence-electron chi connectivity index (χ1n) is 13.2. The molecule has 43 heavy (non-hydrogen) atoms. The molecule has 234 valence electrons. The maximum Gasteiger partial charge on any atom is 0.229 e. The molecule has 3 heterocycles. The van der Waals surface area contributed by atoms with Crippen LogP contribution in [-0.4, -0.2) is 118 Å². The first kappa shape index (κ1) is 30.9. The zero-order chi connectivity index (χ0) is 31.0. The zero-order valence-electron chi connectivity index (χ0n) is 23.0. The van der Waals surface area contributed by atoms with Gasteiger partial charge in [0.2, 0.25) is 17.5 Å². The van der Waals surface area contributed by atoms with Gasteiger partial charge in [-0.1, -0.05) is 12.1 Å². The molecular weight excluding hydrogens is 576 g/mol. The van der Waals surface area contributed by atoms with Gasteiger partial charge in [-0.15, -0.1) is 0 Å². The smallest absolute Gasteiger partial charge is 0.229 e. The highest BCUT2D eigenvalue weighted by Crippen LogP contribution is 2.43. The van der Waals surface area contributed by atoms with E-state index in [2.05, 4.69) is 0 Å². The van der Waals surface area contributed by atoms with Gasteiger partial charge in [-0.3, -0.25) is 4.79 Å². The second-order valence-electron chi connectivity index (χ2n) is 10.1. The van der Waals surface area contributed by atoms with Gasteiger partial charge in [0, 0.05) is 6.07 Å². The van der Waals surface area contributed by atoms with Crippen LogP contribution in [0.25, 0.3) is 22.1 Å². The Hall–Kier alpha value is -3.51. The van der Waals surface area contributed by atoms with Gasteiger partial charge in [0.15, 0.2) is 17.8 Å². The largest absolute Gasteiger partial charge is 0.504 e. The van der Waals surface area contributed by atoms with Gasteiger partial charge in [0.05, 0.1) is 33.0 Å². The zero-order valence-corrected chi connectivity index (χ0v) is 23.0. The highest BCUT2D eigenvalue weighted by molar-refractivity contribution is 5.91. The van der Waals surface area contributed by atoms with E-state index >= 15 is 0 Å². The van der Waals surface area contributed by atoms with Crippen LogP contribution in [0.15, 0.2) is 45.8 Å². The molecule has 15 heteroatoms. The number of phenols is 1. The highest BCUT2D eigenvalue weighted by Gasteiger charge is 2.47. The lowest BCUT2D eigenvalue weighted by Crippen LogP contribution is -2.61. The van der Waals surface area contributed by atoms with Crippen LogP contribution in [0, 0.1) is 0 Å². The molecule has 0 aliphatic carbocycles. The standard InChI is InChI=1S/C28H32O15/c1-37-12-5-3-11(4-6-12)13-8-39-15-7-16(26(38-2)22(33)18(15)19(13)30)42-28-25(36)23(34)21(32)17(43-28)10-41-27-24(35)20(31)14(29)9-40-27/h3-8,14,17,20-21,23-25,27-29,31-36H,9-10H2,1-2H3/t14-,17-,20-,21-,23+,24+,25+,27-,28-/m1/s1. The van der Waals surface area contributed by atoms with Crippen molar-refractivity contribution in [2.45, 2.75) is 55.3 Å². The summed E-state index contributed by atoms with van der Waals surface area (Å²) in [5, 5.41) is 71.9. The summed E-state index contributed by atoms with van der Waals surface area (Å²) in [7, 11) is 2.71. The van der Waals surface area contributed by atoms with Gasteiger partial charge in [-0.25, -0.2) is 0 Å². The number of ether oxygens (including phenoxy) is 6. The molecule has 0 unspecified atom stereocenters. The number of rotatable bonds is 8. The van der Waals surface area contributed by atoms with Crippen molar-refractivity contribution in [3.63, 3.8) is 0 Å². The van der Waals surface area contributed by atoms with E-state index in [1.165, 1.54) is 26.5 Å². The summed E-state index contributed by atoms with van der Waals surface area (Å²) < 4.78 is 38.0. The summed E-state index contributed by atoms with van der Waals surface area (Å²) in [5.74, 6) is -0.572. The van der Waals surface area contributed by atoms with Crippen LogP contribution in [0.3, 0.4) is 0 Å². The van der Waals surface area contributed by atoms with E-state index in [0.29, 0.717) is 11.3 Å².